The summed E-state index contributed by atoms with van der Waals surface area (Å²) in [6.07, 6.45) is 1.09. The third-order valence-corrected chi connectivity index (χ3v) is 4.65. The molecular weight excluding hydrogens is 302 g/mol. The molecule has 1 N–H and O–H groups in total. The van der Waals surface area contributed by atoms with Gasteiger partial charge >= 0.3 is 0 Å². The first kappa shape index (κ1) is 18.7. The molecule has 0 aromatic heterocycles. The number of nitrogens with zero attached hydrogens (tertiary/aromatic N) is 2. The Bertz CT molecular complexity index is 525. The number of likely N-dealkylation sites (N-methyl/N-ethyl adjacent to an activating group) is 1. The molecule has 0 bridgehead atoms. The Labute approximate surface area is 146 Å². The van der Waals surface area contributed by atoms with E-state index in [1.165, 1.54) is 0 Å². The van der Waals surface area contributed by atoms with Gasteiger partial charge in [-0.2, -0.15) is 0 Å². The van der Waals surface area contributed by atoms with E-state index in [1.807, 2.05) is 24.3 Å². The molecule has 5 nitrogen and oxygen atoms in total. The van der Waals surface area contributed by atoms with Crippen molar-refractivity contribution in [2.75, 3.05) is 46.9 Å². The van der Waals surface area contributed by atoms with Crippen LogP contribution in [0.3, 0.4) is 0 Å². The summed E-state index contributed by atoms with van der Waals surface area (Å²) in [6.45, 7) is 9.48. The lowest BCUT2D eigenvalue weighted by atomic mass is 10.0. The first-order valence-corrected chi connectivity index (χ1v) is 8.85. The highest BCUT2D eigenvalue weighted by molar-refractivity contribution is 5.96. The van der Waals surface area contributed by atoms with Crippen LogP contribution in [0, 0.1) is 5.92 Å². The number of amides is 1. The lowest BCUT2D eigenvalue weighted by Crippen LogP contribution is -2.52. The van der Waals surface area contributed by atoms with Gasteiger partial charge in [0.1, 0.15) is 5.75 Å². The van der Waals surface area contributed by atoms with Gasteiger partial charge in [0.05, 0.1) is 12.7 Å². The van der Waals surface area contributed by atoms with Crippen molar-refractivity contribution in [1.82, 2.24) is 15.1 Å². The van der Waals surface area contributed by atoms with Gasteiger partial charge in [-0.05, 0) is 31.5 Å². The van der Waals surface area contributed by atoms with Crippen LogP contribution in [0.5, 0.6) is 5.75 Å². The molecule has 1 unspecified atom stereocenters. The first-order chi connectivity index (χ1) is 11.5. The van der Waals surface area contributed by atoms with Crippen LogP contribution in [0.2, 0.25) is 0 Å². The normalized spacial score (nSPS) is 17.7. The number of ether oxygens (including phenoxy) is 1. The van der Waals surface area contributed by atoms with Crippen molar-refractivity contribution in [2.24, 2.45) is 5.92 Å². The largest absolute Gasteiger partial charge is 0.496 e. The summed E-state index contributed by atoms with van der Waals surface area (Å²) in [7, 11) is 3.76. The number of para-hydroxylation sites is 1. The van der Waals surface area contributed by atoms with E-state index in [4.69, 9.17) is 4.74 Å². The third-order valence-electron chi connectivity index (χ3n) is 4.65. The summed E-state index contributed by atoms with van der Waals surface area (Å²) >= 11 is 0. The molecule has 24 heavy (non-hydrogen) atoms. The number of carbonyl (C=O) groups excluding carboxylic acids is 1. The molecule has 0 spiro atoms. The summed E-state index contributed by atoms with van der Waals surface area (Å²) in [6, 6.07) is 7.75. The van der Waals surface area contributed by atoms with E-state index in [9.17, 15) is 4.79 Å². The van der Waals surface area contributed by atoms with Crippen molar-refractivity contribution in [2.45, 2.75) is 26.3 Å². The lowest BCUT2D eigenvalue weighted by Gasteiger charge is -2.38. The van der Waals surface area contributed by atoms with E-state index >= 15 is 0 Å². The maximum Gasteiger partial charge on any atom is 0.255 e. The van der Waals surface area contributed by atoms with Crippen molar-refractivity contribution in [3.63, 3.8) is 0 Å². The Hall–Kier alpha value is -1.59. The van der Waals surface area contributed by atoms with Gasteiger partial charge in [-0.15, -0.1) is 0 Å². The van der Waals surface area contributed by atoms with Gasteiger partial charge in [0.15, 0.2) is 0 Å². The van der Waals surface area contributed by atoms with Gasteiger partial charge < -0.3 is 15.0 Å². The van der Waals surface area contributed by atoms with E-state index in [0.29, 0.717) is 29.8 Å². The molecule has 2 rings (SSSR count). The number of benzene rings is 1. The number of hydrogen-bond acceptors (Lipinski definition) is 4. The summed E-state index contributed by atoms with van der Waals surface area (Å²) in [4.78, 5) is 17.4. The Morgan fingerprint density at radius 1 is 1.21 bits per heavy atom. The smallest absolute Gasteiger partial charge is 0.255 e. The van der Waals surface area contributed by atoms with Gasteiger partial charge in [-0.25, -0.2) is 0 Å². The fourth-order valence-electron chi connectivity index (χ4n) is 3.23. The van der Waals surface area contributed by atoms with Crippen LogP contribution in [0.4, 0.5) is 0 Å². The first-order valence-electron chi connectivity index (χ1n) is 8.85. The van der Waals surface area contributed by atoms with Crippen LogP contribution in [0.25, 0.3) is 0 Å². The predicted octanol–water partition coefficient (Wildman–Crippen LogP) is 2.09. The Morgan fingerprint density at radius 3 is 2.50 bits per heavy atom. The molecule has 0 saturated carbocycles. The zero-order chi connectivity index (χ0) is 17.5. The monoisotopic (exact) mass is 333 g/mol. The van der Waals surface area contributed by atoms with Gasteiger partial charge in [-0.1, -0.05) is 26.0 Å². The highest BCUT2D eigenvalue weighted by Gasteiger charge is 2.24. The van der Waals surface area contributed by atoms with Crippen molar-refractivity contribution < 1.29 is 9.53 Å². The lowest BCUT2D eigenvalue weighted by molar-refractivity contribution is 0.0848. The molecule has 0 aliphatic carbocycles. The minimum atomic E-state index is -0.0599. The minimum absolute atomic E-state index is 0.0599. The molecule has 1 saturated heterocycles. The van der Waals surface area contributed by atoms with Crippen LogP contribution in [-0.4, -0.2) is 68.6 Å². The van der Waals surface area contributed by atoms with Gasteiger partial charge in [0.25, 0.3) is 5.91 Å². The van der Waals surface area contributed by atoms with Gasteiger partial charge in [0.2, 0.25) is 0 Å². The van der Waals surface area contributed by atoms with Gasteiger partial charge in [0, 0.05) is 38.8 Å². The van der Waals surface area contributed by atoms with E-state index < -0.39 is 0 Å². The van der Waals surface area contributed by atoms with Crippen molar-refractivity contribution in [3.05, 3.63) is 29.8 Å². The van der Waals surface area contributed by atoms with Crippen LogP contribution < -0.4 is 10.1 Å². The van der Waals surface area contributed by atoms with E-state index in [1.54, 1.807) is 7.11 Å². The second kappa shape index (κ2) is 9.04. The Morgan fingerprint density at radius 2 is 1.88 bits per heavy atom. The number of hydrogen-bond donors (Lipinski definition) is 1. The quantitative estimate of drug-likeness (QED) is 0.830. The number of rotatable bonds is 7. The second-order valence-corrected chi connectivity index (χ2v) is 7.03. The van der Waals surface area contributed by atoms with Crippen molar-refractivity contribution in [1.29, 1.82) is 0 Å². The summed E-state index contributed by atoms with van der Waals surface area (Å²) in [5, 5.41) is 3.11. The molecule has 1 aliphatic heterocycles. The molecule has 0 radical (unpaired) electrons. The van der Waals surface area contributed by atoms with E-state index in [2.05, 4.69) is 36.0 Å². The third kappa shape index (κ3) is 5.21. The topological polar surface area (TPSA) is 44.8 Å². The van der Waals surface area contributed by atoms with Crippen molar-refractivity contribution >= 4 is 5.91 Å². The Kier molecular flexibility index (Phi) is 7.06. The van der Waals surface area contributed by atoms with Crippen molar-refractivity contribution in [3.8, 4) is 5.75 Å². The molecule has 1 amide bonds. The second-order valence-electron chi connectivity index (χ2n) is 7.03. The van der Waals surface area contributed by atoms with Crippen LogP contribution in [-0.2, 0) is 0 Å². The number of nitrogens with one attached hydrogen (secondary N) is 1. The molecule has 5 heteroatoms. The maximum absolute atomic E-state index is 12.5. The molecule has 1 aliphatic rings. The zero-order valence-corrected chi connectivity index (χ0v) is 15.4. The minimum Gasteiger partial charge on any atom is -0.496 e. The summed E-state index contributed by atoms with van der Waals surface area (Å²) in [5.41, 5.74) is 0.599. The highest BCUT2D eigenvalue weighted by atomic mass is 16.5. The molecule has 1 heterocycles. The molecule has 1 aromatic carbocycles. The van der Waals surface area contributed by atoms with Gasteiger partial charge in [-0.3, -0.25) is 9.69 Å². The fraction of sp³-hybridized carbons (Fsp3) is 0.632. The number of piperazine rings is 1. The van der Waals surface area contributed by atoms with E-state index in [0.717, 1.165) is 32.6 Å². The number of carbonyl (C=O) groups is 1. The maximum atomic E-state index is 12.5. The van der Waals surface area contributed by atoms with Crippen LogP contribution >= 0.6 is 0 Å². The molecular formula is C19H31N3O2. The molecule has 1 fully saturated rings. The zero-order valence-electron chi connectivity index (χ0n) is 15.4. The molecule has 1 aromatic rings. The average Bonchev–Trinajstić information content (AvgIpc) is 2.58. The summed E-state index contributed by atoms with van der Waals surface area (Å²) < 4.78 is 5.29. The fourth-order valence-corrected chi connectivity index (χ4v) is 3.23. The van der Waals surface area contributed by atoms with Crippen LogP contribution in [0.15, 0.2) is 24.3 Å². The molecule has 1 atom stereocenters. The Balaban J connectivity index is 1.97. The molecule has 134 valence electrons. The summed E-state index contributed by atoms with van der Waals surface area (Å²) in [5.74, 6) is 1.17. The highest BCUT2D eigenvalue weighted by Crippen LogP contribution is 2.18. The standard InChI is InChI=1S/C19H31N3O2/c1-15(2)13-16(22-11-9-21(3)10-12-22)14-20-19(23)17-7-5-6-8-18(17)24-4/h5-8,15-16H,9-14H2,1-4H3,(H,20,23). The van der Waals surface area contributed by atoms with E-state index in [-0.39, 0.29) is 5.91 Å². The average molecular weight is 333 g/mol. The predicted molar refractivity (Wildman–Crippen MR) is 97.6 cm³/mol. The SMILES string of the molecule is COc1ccccc1C(=O)NCC(CC(C)C)N1CCN(C)CC1. The number of methoxy groups -OCH3 is 1. The van der Waals surface area contributed by atoms with Crippen LogP contribution in [0.1, 0.15) is 30.6 Å².